The third kappa shape index (κ3) is 3.55. The molecule has 1 aromatic rings. The molecule has 1 atom stereocenters. The molecule has 2 N–H and O–H groups in total. The van der Waals surface area contributed by atoms with Crippen molar-refractivity contribution in [2.45, 2.75) is 6.10 Å². The normalized spacial score (nSPS) is 13.6. The molecule has 0 bridgehead atoms. The Morgan fingerprint density at radius 1 is 1.38 bits per heavy atom. The minimum Gasteiger partial charge on any atom is -0.375 e. The van der Waals surface area contributed by atoms with Crippen molar-refractivity contribution in [1.82, 2.24) is 4.90 Å². The van der Waals surface area contributed by atoms with Crippen LogP contribution in [0.15, 0.2) is 35.3 Å². The summed E-state index contributed by atoms with van der Waals surface area (Å²) in [5, 5.41) is 0. The number of hydrogen-bond donors (Lipinski definition) is 1. The van der Waals surface area contributed by atoms with Crippen LogP contribution in [-0.4, -0.2) is 38.6 Å². The summed E-state index contributed by atoms with van der Waals surface area (Å²) in [4.78, 5) is 6.04. The fraction of sp³-hybridized carbons (Fsp3) is 0.417. The molecule has 16 heavy (non-hydrogen) atoms. The van der Waals surface area contributed by atoms with Gasteiger partial charge in [0.25, 0.3) is 0 Å². The molecule has 0 aromatic heterocycles. The van der Waals surface area contributed by atoms with Gasteiger partial charge in [-0.1, -0.05) is 30.3 Å². The first-order chi connectivity index (χ1) is 7.65. The van der Waals surface area contributed by atoms with E-state index in [1.165, 1.54) is 0 Å². The van der Waals surface area contributed by atoms with Gasteiger partial charge >= 0.3 is 0 Å². The molecule has 0 aliphatic heterocycles. The molecule has 0 heterocycles. The van der Waals surface area contributed by atoms with Gasteiger partial charge in [-0.2, -0.15) is 0 Å². The van der Waals surface area contributed by atoms with Crippen molar-refractivity contribution in [3.63, 3.8) is 0 Å². The molecule has 0 saturated heterocycles. The number of guanidine groups is 1. The molecule has 0 fully saturated rings. The lowest BCUT2D eigenvalue weighted by atomic mass is 10.1. The van der Waals surface area contributed by atoms with Gasteiger partial charge in [0, 0.05) is 21.2 Å². The fourth-order valence-electron chi connectivity index (χ4n) is 1.30. The van der Waals surface area contributed by atoms with Gasteiger partial charge in [-0.15, -0.1) is 0 Å². The minimum atomic E-state index is -0.0419. The predicted molar refractivity (Wildman–Crippen MR) is 66.4 cm³/mol. The topological polar surface area (TPSA) is 50.9 Å². The van der Waals surface area contributed by atoms with Crippen molar-refractivity contribution >= 4 is 5.96 Å². The monoisotopic (exact) mass is 221 g/mol. The summed E-state index contributed by atoms with van der Waals surface area (Å²) >= 11 is 0. The Kier molecular flexibility index (Phi) is 4.79. The number of nitrogens with two attached hydrogens (primary N) is 1. The molecule has 0 aliphatic carbocycles. The van der Waals surface area contributed by atoms with E-state index >= 15 is 0 Å². The van der Waals surface area contributed by atoms with E-state index in [1.807, 2.05) is 44.4 Å². The molecule has 0 spiro atoms. The van der Waals surface area contributed by atoms with Crippen LogP contribution in [-0.2, 0) is 4.74 Å². The minimum absolute atomic E-state index is 0.0419. The molecule has 1 aromatic carbocycles. The van der Waals surface area contributed by atoms with Gasteiger partial charge in [0.05, 0.1) is 6.54 Å². The van der Waals surface area contributed by atoms with Crippen molar-refractivity contribution in [1.29, 1.82) is 0 Å². The number of hydrogen-bond acceptors (Lipinski definition) is 2. The maximum Gasteiger partial charge on any atom is 0.190 e. The molecular weight excluding hydrogens is 202 g/mol. The number of ether oxygens (including phenoxy) is 1. The van der Waals surface area contributed by atoms with E-state index in [0.29, 0.717) is 12.5 Å². The Bertz CT molecular complexity index is 335. The highest BCUT2D eigenvalue weighted by Crippen LogP contribution is 2.16. The van der Waals surface area contributed by atoms with E-state index in [1.54, 1.807) is 12.0 Å². The second kappa shape index (κ2) is 6.12. The lowest BCUT2D eigenvalue weighted by molar-refractivity contribution is 0.111. The van der Waals surface area contributed by atoms with Crippen LogP contribution in [0.1, 0.15) is 11.7 Å². The fourth-order valence-corrected chi connectivity index (χ4v) is 1.30. The SMILES string of the molecule is CO[C@@H](CN=C(N)N(C)C)c1ccccc1. The second-order valence-corrected chi connectivity index (χ2v) is 3.73. The van der Waals surface area contributed by atoms with Crippen LogP contribution in [0, 0.1) is 0 Å². The van der Waals surface area contributed by atoms with Crippen LogP contribution in [0.4, 0.5) is 0 Å². The Hall–Kier alpha value is -1.55. The van der Waals surface area contributed by atoms with Crippen molar-refractivity contribution in [2.75, 3.05) is 27.7 Å². The quantitative estimate of drug-likeness (QED) is 0.615. The predicted octanol–water partition coefficient (Wildman–Crippen LogP) is 1.25. The average molecular weight is 221 g/mol. The molecule has 88 valence electrons. The summed E-state index contributed by atoms with van der Waals surface area (Å²) in [7, 11) is 5.41. The van der Waals surface area contributed by atoms with Gasteiger partial charge in [0.15, 0.2) is 5.96 Å². The smallest absolute Gasteiger partial charge is 0.190 e. The number of rotatable bonds is 4. The van der Waals surface area contributed by atoms with Crippen LogP contribution < -0.4 is 5.73 Å². The van der Waals surface area contributed by atoms with Crippen LogP contribution in [0.2, 0.25) is 0 Å². The molecule has 0 unspecified atom stereocenters. The second-order valence-electron chi connectivity index (χ2n) is 3.73. The van der Waals surface area contributed by atoms with Gasteiger partial charge < -0.3 is 15.4 Å². The van der Waals surface area contributed by atoms with E-state index < -0.39 is 0 Å². The Labute approximate surface area is 96.7 Å². The molecule has 0 saturated carbocycles. The van der Waals surface area contributed by atoms with E-state index in [2.05, 4.69) is 4.99 Å². The highest BCUT2D eigenvalue weighted by atomic mass is 16.5. The first-order valence-electron chi connectivity index (χ1n) is 5.20. The van der Waals surface area contributed by atoms with Crippen molar-refractivity contribution < 1.29 is 4.74 Å². The summed E-state index contributed by atoms with van der Waals surface area (Å²) < 4.78 is 5.39. The summed E-state index contributed by atoms with van der Waals surface area (Å²) in [5.74, 6) is 0.512. The van der Waals surface area contributed by atoms with Gasteiger partial charge in [-0.25, -0.2) is 0 Å². The lowest BCUT2D eigenvalue weighted by Crippen LogP contribution is -2.31. The summed E-state index contributed by atoms with van der Waals surface area (Å²) in [6.45, 7) is 0.532. The highest BCUT2D eigenvalue weighted by molar-refractivity contribution is 5.77. The van der Waals surface area contributed by atoms with Gasteiger partial charge in [-0.05, 0) is 5.56 Å². The number of nitrogens with zero attached hydrogens (tertiary/aromatic N) is 2. The molecule has 0 amide bonds. The van der Waals surface area contributed by atoms with E-state index in [9.17, 15) is 0 Å². The van der Waals surface area contributed by atoms with Gasteiger partial charge in [0.2, 0.25) is 0 Å². The molecular formula is C12H19N3O. The highest BCUT2D eigenvalue weighted by Gasteiger charge is 2.09. The van der Waals surface area contributed by atoms with Gasteiger partial charge in [0.1, 0.15) is 6.10 Å². The first kappa shape index (κ1) is 12.5. The maximum absolute atomic E-state index is 5.72. The molecule has 0 radical (unpaired) electrons. The van der Waals surface area contributed by atoms with Crippen LogP contribution >= 0.6 is 0 Å². The van der Waals surface area contributed by atoms with E-state index in [-0.39, 0.29) is 6.10 Å². The molecule has 1 rings (SSSR count). The Morgan fingerprint density at radius 3 is 2.50 bits per heavy atom. The summed E-state index contributed by atoms with van der Waals surface area (Å²) in [6.07, 6.45) is -0.0419. The molecule has 0 aliphatic rings. The summed E-state index contributed by atoms with van der Waals surface area (Å²) in [6, 6.07) is 10.00. The standard InChI is InChI=1S/C12H19N3O/c1-15(2)12(13)14-9-11(16-3)10-7-5-4-6-8-10/h4-8,11H,9H2,1-3H3,(H2,13,14)/t11-/m0/s1. The lowest BCUT2D eigenvalue weighted by Gasteiger charge is -2.15. The zero-order chi connectivity index (χ0) is 12.0. The first-order valence-corrected chi connectivity index (χ1v) is 5.20. The molecule has 4 heteroatoms. The van der Waals surface area contributed by atoms with Crippen LogP contribution in [0.3, 0.4) is 0 Å². The molecule has 4 nitrogen and oxygen atoms in total. The zero-order valence-electron chi connectivity index (χ0n) is 10.1. The third-order valence-corrected chi connectivity index (χ3v) is 2.33. The zero-order valence-corrected chi connectivity index (χ0v) is 10.1. The Morgan fingerprint density at radius 2 is 2.00 bits per heavy atom. The van der Waals surface area contributed by atoms with E-state index in [4.69, 9.17) is 10.5 Å². The van der Waals surface area contributed by atoms with Crippen molar-refractivity contribution in [3.8, 4) is 0 Å². The van der Waals surface area contributed by atoms with E-state index in [0.717, 1.165) is 5.56 Å². The maximum atomic E-state index is 5.72. The van der Waals surface area contributed by atoms with Crippen LogP contribution in [0.5, 0.6) is 0 Å². The number of aliphatic imine (C=N–C) groups is 1. The van der Waals surface area contributed by atoms with Crippen molar-refractivity contribution in [3.05, 3.63) is 35.9 Å². The summed E-state index contributed by atoms with van der Waals surface area (Å²) in [5.41, 5.74) is 6.83. The third-order valence-electron chi connectivity index (χ3n) is 2.33. The number of methoxy groups -OCH3 is 1. The largest absolute Gasteiger partial charge is 0.375 e. The Balaban J connectivity index is 2.67. The van der Waals surface area contributed by atoms with Crippen molar-refractivity contribution in [2.24, 2.45) is 10.7 Å². The van der Waals surface area contributed by atoms with Gasteiger partial charge in [-0.3, -0.25) is 4.99 Å². The van der Waals surface area contributed by atoms with Crippen LogP contribution in [0.25, 0.3) is 0 Å². The number of benzene rings is 1. The average Bonchev–Trinajstić information content (AvgIpc) is 2.30.